The largest absolute Gasteiger partial charge is 0.339 e. The Morgan fingerprint density at radius 2 is 1.59 bits per heavy atom. The second kappa shape index (κ2) is 9.62. The Morgan fingerprint density at radius 1 is 1.00 bits per heavy atom. The maximum atomic E-state index is 13.6. The number of amides is 1. The number of carbonyl (C=O) groups is 1. The van der Waals surface area contributed by atoms with E-state index in [1.807, 2.05) is 13.8 Å². The van der Waals surface area contributed by atoms with E-state index in [0.29, 0.717) is 18.7 Å². The Morgan fingerprint density at radius 3 is 2.15 bits per heavy atom. The highest BCUT2D eigenvalue weighted by Gasteiger charge is 2.18. The van der Waals surface area contributed by atoms with Crippen LogP contribution >= 0.6 is 0 Å². The molecule has 0 aromatic heterocycles. The first-order valence-electron chi connectivity index (χ1n) is 9.01. The van der Waals surface area contributed by atoms with Gasteiger partial charge in [0.2, 0.25) is 10.0 Å². The van der Waals surface area contributed by atoms with Gasteiger partial charge in [-0.1, -0.05) is 32.0 Å². The molecule has 7 heteroatoms. The zero-order chi connectivity index (χ0) is 19.9. The number of halogens is 1. The normalized spacial score (nSPS) is 11.4. The molecular formula is C20H25FN2O3S. The van der Waals surface area contributed by atoms with Crippen molar-refractivity contribution in [1.82, 2.24) is 9.62 Å². The van der Waals surface area contributed by atoms with Crippen LogP contribution in [0.1, 0.15) is 42.6 Å². The molecule has 0 spiro atoms. The third-order valence-corrected chi connectivity index (χ3v) is 5.51. The summed E-state index contributed by atoms with van der Waals surface area (Å²) in [6.07, 6.45) is 1.72. The zero-order valence-corrected chi connectivity index (χ0v) is 16.4. The molecule has 0 aliphatic rings. The zero-order valence-electron chi connectivity index (χ0n) is 15.6. The molecular weight excluding hydrogens is 367 g/mol. The van der Waals surface area contributed by atoms with Crippen molar-refractivity contribution in [3.63, 3.8) is 0 Å². The molecule has 5 nitrogen and oxygen atoms in total. The molecule has 1 N–H and O–H groups in total. The maximum Gasteiger partial charge on any atom is 0.253 e. The standard InChI is InChI=1S/C20H25FN2O3S/c1-3-13-23(14-4-2)20(24)16-9-11-18(12-10-16)27(25,26)22-15-17-7-5-6-8-19(17)21/h5-12,22H,3-4,13-15H2,1-2H3. The summed E-state index contributed by atoms with van der Waals surface area (Å²) in [5.74, 6) is -0.574. The second-order valence-electron chi connectivity index (χ2n) is 6.23. The van der Waals surface area contributed by atoms with Crippen molar-refractivity contribution in [2.45, 2.75) is 38.1 Å². The van der Waals surface area contributed by atoms with Crippen LogP contribution in [0, 0.1) is 5.82 Å². The van der Waals surface area contributed by atoms with Crippen LogP contribution in [0.15, 0.2) is 53.4 Å². The lowest BCUT2D eigenvalue weighted by Crippen LogP contribution is -2.32. The van der Waals surface area contributed by atoms with Gasteiger partial charge in [0, 0.05) is 30.8 Å². The number of carbonyl (C=O) groups excluding carboxylic acids is 1. The van der Waals surface area contributed by atoms with Crippen molar-refractivity contribution in [2.75, 3.05) is 13.1 Å². The van der Waals surface area contributed by atoms with Gasteiger partial charge in [-0.2, -0.15) is 0 Å². The van der Waals surface area contributed by atoms with E-state index in [1.165, 1.54) is 36.4 Å². The lowest BCUT2D eigenvalue weighted by Gasteiger charge is -2.21. The Bertz CT molecular complexity index is 861. The van der Waals surface area contributed by atoms with Gasteiger partial charge in [-0.3, -0.25) is 4.79 Å². The summed E-state index contributed by atoms with van der Waals surface area (Å²) >= 11 is 0. The van der Waals surface area contributed by atoms with E-state index in [9.17, 15) is 17.6 Å². The quantitative estimate of drug-likeness (QED) is 0.709. The van der Waals surface area contributed by atoms with Crippen molar-refractivity contribution in [3.8, 4) is 0 Å². The van der Waals surface area contributed by atoms with Crippen molar-refractivity contribution < 1.29 is 17.6 Å². The minimum Gasteiger partial charge on any atom is -0.339 e. The number of nitrogens with zero attached hydrogens (tertiary/aromatic N) is 1. The summed E-state index contributed by atoms with van der Waals surface area (Å²) in [6, 6.07) is 11.8. The van der Waals surface area contributed by atoms with E-state index in [0.717, 1.165) is 12.8 Å². The number of rotatable bonds is 9. The van der Waals surface area contributed by atoms with Crippen LogP contribution in [0.3, 0.4) is 0 Å². The fourth-order valence-corrected chi connectivity index (χ4v) is 3.72. The lowest BCUT2D eigenvalue weighted by atomic mass is 10.2. The highest BCUT2D eigenvalue weighted by atomic mass is 32.2. The van der Waals surface area contributed by atoms with E-state index < -0.39 is 15.8 Å². The third kappa shape index (κ3) is 5.61. The average molecular weight is 392 g/mol. The van der Waals surface area contributed by atoms with Crippen LogP contribution in [0.4, 0.5) is 4.39 Å². The monoisotopic (exact) mass is 392 g/mol. The first kappa shape index (κ1) is 21.1. The topological polar surface area (TPSA) is 66.5 Å². The third-order valence-electron chi connectivity index (χ3n) is 4.10. The van der Waals surface area contributed by atoms with Crippen molar-refractivity contribution >= 4 is 15.9 Å². The molecule has 2 aromatic rings. The van der Waals surface area contributed by atoms with E-state index in [4.69, 9.17) is 0 Å². The molecule has 0 aliphatic heterocycles. The summed E-state index contributed by atoms with van der Waals surface area (Å²) in [4.78, 5) is 14.4. The first-order chi connectivity index (χ1) is 12.9. The Balaban J connectivity index is 2.10. The van der Waals surface area contributed by atoms with E-state index in [-0.39, 0.29) is 22.9 Å². The van der Waals surface area contributed by atoms with Crippen LogP contribution in [-0.4, -0.2) is 32.3 Å². The van der Waals surface area contributed by atoms with Crippen molar-refractivity contribution in [1.29, 1.82) is 0 Å². The molecule has 146 valence electrons. The predicted octanol–water partition coefficient (Wildman–Crippen LogP) is 3.57. The van der Waals surface area contributed by atoms with Gasteiger partial charge in [-0.05, 0) is 43.2 Å². The van der Waals surface area contributed by atoms with Gasteiger partial charge in [-0.25, -0.2) is 17.5 Å². The average Bonchev–Trinajstić information content (AvgIpc) is 2.67. The number of hydrogen-bond donors (Lipinski definition) is 1. The van der Waals surface area contributed by atoms with Gasteiger partial charge in [0.15, 0.2) is 0 Å². The van der Waals surface area contributed by atoms with Crippen LogP contribution < -0.4 is 4.72 Å². The molecule has 2 aromatic carbocycles. The summed E-state index contributed by atoms with van der Waals surface area (Å²) in [7, 11) is -3.80. The summed E-state index contributed by atoms with van der Waals surface area (Å²) < 4.78 is 40.8. The Kier molecular flexibility index (Phi) is 7.50. The molecule has 0 unspecified atom stereocenters. The molecule has 0 heterocycles. The SMILES string of the molecule is CCCN(CCC)C(=O)c1ccc(S(=O)(=O)NCc2ccccc2F)cc1. The lowest BCUT2D eigenvalue weighted by molar-refractivity contribution is 0.0755. The summed E-state index contributed by atoms with van der Waals surface area (Å²) in [5.41, 5.74) is 0.715. The number of benzene rings is 2. The van der Waals surface area contributed by atoms with Crippen LogP contribution in [0.25, 0.3) is 0 Å². The highest BCUT2D eigenvalue weighted by Crippen LogP contribution is 2.14. The molecule has 0 fully saturated rings. The second-order valence-corrected chi connectivity index (χ2v) is 8.00. The highest BCUT2D eigenvalue weighted by molar-refractivity contribution is 7.89. The molecule has 2 rings (SSSR count). The van der Waals surface area contributed by atoms with Crippen LogP contribution in [-0.2, 0) is 16.6 Å². The fourth-order valence-electron chi connectivity index (χ4n) is 2.71. The summed E-state index contributed by atoms with van der Waals surface area (Å²) in [5, 5.41) is 0. The minimum atomic E-state index is -3.80. The van der Waals surface area contributed by atoms with Gasteiger partial charge < -0.3 is 4.90 Å². The number of sulfonamides is 1. The smallest absolute Gasteiger partial charge is 0.253 e. The van der Waals surface area contributed by atoms with Crippen LogP contribution in [0.2, 0.25) is 0 Å². The van der Waals surface area contributed by atoms with Crippen molar-refractivity contribution in [2.24, 2.45) is 0 Å². The van der Waals surface area contributed by atoms with Gasteiger partial charge in [0.05, 0.1) is 4.90 Å². The molecule has 0 atom stereocenters. The number of hydrogen-bond acceptors (Lipinski definition) is 3. The molecule has 0 saturated carbocycles. The predicted molar refractivity (Wildman–Crippen MR) is 103 cm³/mol. The fraction of sp³-hybridized carbons (Fsp3) is 0.350. The van der Waals surface area contributed by atoms with E-state index in [1.54, 1.807) is 17.0 Å². The van der Waals surface area contributed by atoms with Crippen LogP contribution in [0.5, 0.6) is 0 Å². The maximum absolute atomic E-state index is 13.6. The molecule has 0 bridgehead atoms. The number of nitrogens with one attached hydrogen (secondary N) is 1. The molecule has 0 aliphatic carbocycles. The van der Waals surface area contributed by atoms with E-state index in [2.05, 4.69) is 4.72 Å². The van der Waals surface area contributed by atoms with Gasteiger partial charge >= 0.3 is 0 Å². The van der Waals surface area contributed by atoms with Crippen molar-refractivity contribution in [3.05, 3.63) is 65.5 Å². The molecule has 0 radical (unpaired) electrons. The first-order valence-corrected chi connectivity index (χ1v) is 10.5. The van der Waals surface area contributed by atoms with E-state index >= 15 is 0 Å². The molecule has 0 saturated heterocycles. The summed E-state index contributed by atoms with van der Waals surface area (Å²) in [6.45, 7) is 5.20. The van der Waals surface area contributed by atoms with Gasteiger partial charge in [0.1, 0.15) is 5.82 Å². The minimum absolute atomic E-state index is 0.0351. The Hall–Kier alpha value is -2.25. The van der Waals surface area contributed by atoms with Gasteiger partial charge in [0.25, 0.3) is 5.91 Å². The van der Waals surface area contributed by atoms with Gasteiger partial charge in [-0.15, -0.1) is 0 Å². The Labute approximate surface area is 160 Å². The molecule has 1 amide bonds. The molecule has 27 heavy (non-hydrogen) atoms.